The van der Waals surface area contributed by atoms with E-state index in [1.165, 1.54) is 0 Å². The molecule has 3 rings (SSSR count). The SMILES string of the molecule is CC(C)=CCC(NC(=O)OCC1c2ccccc2-c2ccccc21)C(=O)N[C@@H](C(=O)O)C(C)(C)C. The Hall–Kier alpha value is -3.61. The summed E-state index contributed by atoms with van der Waals surface area (Å²) >= 11 is 0. The number of amides is 2. The van der Waals surface area contributed by atoms with E-state index in [0.717, 1.165) is 27.8 Å². The van der Waals surface area contributed by atoms with Crippen LogP contribution in [0.3, 0.4) is 0 Å². The Labute approximate surface area is 206 Å². The average Bonchev–Trinajstić information content (AvgIpc) is 3.11. The first-order chi connectivity index (χ1) is 16.5. The quantitative estimate of drug-likeness (QED) is 0.470. The van der Waals surface area contributed by atoms with Gasteiger partial charge in [0.15, 0.2) is 0 Å². The number of benzene rings is 2. The van der Waals surface area contributed by atoms with E-state index in [-0.39, 0.29) is 18.9 Å². The summed E-state index contributed by atoms with van der Waals surface area (Å²) in [4.78, 5) is 37.4. The van der Waals surface area contributed by atoms with Crippen molar-refractivity contribution in [1.29, 1.82) is 0 Å². The van der Waals surface area contributed by atoms with Crippen LogP contribution in [0.4, 0.5) is 4.79 Å². The molecule has 7 heteroatoms. The first kappa shape index (κ1) is 26.0. The number of aliphatic carboxylic acids is 1. The summed E-state index contributed by atoms with van der Waals surface area (Å²) in [6.07, 6.45) is 1.31. The Kier molecular flexibility index (Phi) is 7.99. The van der Waals surface area contributed by atoms with Crippen LogP contribution in [0.5, 0.6) is 0 Å². The van der Waals surface area contributed by atoms with Crippen molar-refractivity contribution < 1.29 is 24.2 Å². The summed E-state index contributed by atoms with van der Waals surface area (Å²) in [5, 5.41) is 14.8. The second kappa shape index (κ2) is 10.8. The number of fused-ring (bicyclic) bond motifs is 3. The number of carboxylic acid groups (broad SMARTS) is 1. The molecule has 1 aliphatic rings. The van der Waals surface area contributed by atoms with Crippen molar-refractivity contribution in [3.05, 3.63) is 71.3 Å². The number of ether oxygens (including phenoxy) is 1. The molecule has 35 heavy (non-hydrogen) atoms. The van der Waals surface area contributed by atoms with Crippen LogP contribution in [0.15, 0.2) is 60.2 Å². The van der Waals surface area contributed by atoms with Crippen LogP contribution in [-0.2, 0) is 14.3 Å². The summed E-state index contributed by atoms with van der Waals surface area (Å²) in [6, 6.07) is 14.0. The van der Waals surface area contributed by atoms with Crippen LogP contribution in [0, 0.1) is 5.41 Å². The van der Waals surface area contributed by atoms with Gasteiger partial charge in [-0.3, -0.25) is 4.79 Å². The third kappa shape index (κ3) is 6.29. The molecule has 0 fully saturated rings. The molecule has 2 atom stereocenters. The van der Waals surface area contributed by atoms with Crippen molar-refractivity contribution in [3.63, 3.8) is 0 Å². The highest BCUT2D eigenvalue weighted by molar-refractivity contribution is 5.89. The highest BCUT2D eigenvalue weighted by atomic mass is 16.5. The highest BCUT2D eigenvalue weighted by Gasteiger charge is 2.35. The molecule has 0 saturated carbocycles. The minimum Gasteiger partial charge on any atom is -0.480 e. The minimum atomic E-state index is -1.13. The van der Waals surface area contributed by atoms with Gasteiger partial charge in [-0.05, 0) is 47.9 Å². The van der Waals surface area contributed by atoms with Gasteiger partial charge in [0.25, 0.3) is 0 Å². The molecule has 1 aliphatic carbocycles. The maximum absolute atomic E-state index is 13.0. The second-order valence-corrected chi connectivity index (χ2v) is 10.2. The average molecular weight is 479 g/mol. The molecule has 0 spiro atoms. The molecule has 0 saturated heterocycles. The fourth-order valence-corrected chi connectivity index (χ4v) is 4.26. The van der Waals surface area contributed by atoms with Gasteiger partial charge in [0.05, 0.1) is 0 Å². The van der Waals surface area contributed by atoms with Crippen molar-refractivity contribution in [2.45, 2.75) is 59.0 Å². The maximum atomic E-state index is 13.0. The van der Waals surface area contributed by atoms with Gasteiger partial charge in [-0.15, -0.1) is 0 Å². The molecule has 0 radical (unpaired) electrons. The fourth-order valence-electron chi connectivity index (χ4n) is 4.26. The Morgan fingerprint density at radius 3 is 2.00 bits per heavy atom. The molecule has 0 aliphatic heterocycles. The number of carbonyl (C=O) groups is 3. The van der Waals surface area contributed by atoms with E-state index in [4.69, 9.17) is 4.74 Å². The third-order valence-corrected chi connectivity index (χ3v) is 6.11. The molecule has 0 bridgehead atoms. The Morgan fingerprint density at radius 2 is 1.51 bits per heavy atom. The number of hydrogen-bond acceptors (Lipinski definition) is 4. The number of rotatable bonds is 8. The van der Waals surface area contributed by atoms with Crippen LogP contribution >= 0.6 is 0 Å². The van der Waals surface area contributed by atoms with E-state index in [1.54, 1.807) is 20.8 Å². The van der Waals surface area contributed by atoms with E-state index in [1.807, 2.05) is 56.3 Å². The zero-order valence-electron chi connectivity index (χ0n) is 20.9. The monoisotopic (exact) mass is 478 g/mol. The largest absolute Gasteiger partial charge is 0.480 e. The summed E-state index contributed by atoms with van der Waals surface area (Å²) in [5.74, 6) is -1.80. The van der Waals surface area contributed by atoms with Crippen LogP contribution in [-0.4, -0.2) is 41.8 Å². The predicted octanol–water partition coefficient (Wildman–Crippen LogP) is 4.87. The van der Waals surface area contributed by atoms with Crippen molar-refractivity contribution in [1.82, 2.24) is 10.6 Å². The lowest BCUT2D eigenvalue weighted by atomic mass is 9.86. The van der Waals surface area contributed by atoms with Crippen LogP contribution in [0.25, 0.3) is 11.1 Å². The van der Waals surface area contributed by atoms with Crippen molar-refractivity contribution in [2.75, 3.05) is 6.61 Å². The number of carbonyl (C=O) groups excluding carboxylic acids is 2. The molecule has 2 aromatic carbocycles. The minimum absolute atomic E-state index is 0.101. The highest BCUT2D eigenvalue weighted by Crippen LogP contribution is 2.44. The summed E-state index contributed by atoms with van der Waals surface area (Å²) in [5.41, 5.74) is 4.71. The third-order valence-electron chi connectivity index (χ3n) is 6.11. The van der Waals surface area contributed by atoms with Crippen LogP contribution < -0.4 is 10.6 Å². The van der Waals surface area contributed by atoms with Crippen LogP contribution in [0.2, 0.25) is 0 Å². The van der Waals surface area contributed by atoms with E-state index < -0.39 is 35.5 Å². The van der Waals surface area contributed by atoms with Gasteiger partial charge in [0, 0.05) is 5.92 Å². The molecule has 186 valence electrons. The lowest BCUT2D eigenvalue weighted by molar-refractivity contribution is -0.145. The number of allylic oxidation sites excluding steroid dienone is 1. The second-order valence-electron chi connectivity index (χ2n) is 10.2. The lowest BCUT2D eigenvalue weighted by Gasteiger charge is -2.29. The topological polar surface area (TPSA) is 105 Å². The van der Waals surface area contributed by atoms with Gasteiger partial charge in [0.2, 0.25) is 5.91 Å². The Bertz CT molecular complexity index is 1080. The molecule has 7 nitrogen and oxygen atoms in total. The van der Waals surface area contributed by atoms with E-state index in [0.29, 0.717) is 0 Å². The molecule has 2 amide bonds. The smallest absolute Gasteiger partial charge is 0.407 e. The first-order valence-electron chi connectivity index (χ1n) is 11.8. The molecule has 0 heterocycles. The maximum Gasteiger partial charge on any atom is 0.407 e. The standard InChI is InChI=1S/C28H34N2O5/c1-17(2)14-15-23(25(31)30-24(26(32)33)28(3,4)5)29-27(34)35-16-22-20-12-8-6-10-18(20)19-11-7-9-13-21(19)22/h6-14,22-24H,15-16H2,1-5H3,(H,29,34)(H,30,31)(H,32,33)/t23?,24-/m0/s1. The molecule has 1 unspecified atom stereocenters. The summed E-state index contributed by atoms with van der Waals surface area (Å²) in [7, 11) is 0. The zero-order valence-corrected chi connectivity index (χ0v) is 20.9. The Balaban J connectivity index is 1.71. The van der Waals surface area contributed by atoms with Crippen molar-refractivity contribution in [2.24, 2.45) is 5.41 Å². The lowest BCUT2D eigenvalue weighted by Crippen LogP contribution is -2.55. The fraction of sp³-hybridized carbons (Fsp3) is 0.393. The van der Waals surface area contributed by atoms with Gasteiger partial charge in [-0.2, -0.15) is 0 Å². The number of alkyl carbamates (subject to hydrolysis) is 1. The van der Waals surface area contributed by atoms with Gasteiger partial charge in [0.1, 0.15) is 18.7 Å². The van der Waals surface area contributed by atoms with Crippen molar-refractivity contribution in [3.8, 4) is 11.1 Å². The molecule has 2 aromatic rings. The summed E-state index contributed by atoms with van der Waals surface area (Å²) < 4.78 is 5.58. The Morgan fingerprint density at radius 1 is 0.971 bits per heavy atom. The molecule has 0 aromatic heterocycles. The number of nitrogens with one attached hydrogen (secondary N) is 2. The predicted molar refractivity (Wildman–Crippen MR) is 135 cm³/mol. The van der Waals surface area contributed by atoms with E-state index in [9.17, 15) is 19.5 Å². The van der Waals surface area contributed by atoms with Gasteiger partial charge in [-0.25, -0.2) is 9.59 Å². The van der Waals surface area contributed by atoms with Crippen molar-refractivity contribution >= 4 is 18.0 Å². The van der Waals surface area contributed by atoms with E-state index >= 15 is 0 Å². The van der Waals surface area contributed by atoms with Gasteiger partial charge < -0.3 is 20.5 Å². The first-order valence-corrected chi connectivity index (χ1v) is 11.8. The summed E-state index contributed by atoms with van der Waals surface area (Å²) in [6.45, 7) is 9.09. The van der Waals surface area contributed by atoms with Gasteiger partial charge >= 0.3 is 12.1 Å². The normalized spacial score (nSPS) is 14.2. The zero-order chi connectivity index (χ0) is 25.8. The number of hydrogen-bond donors (Lipinski definition) is 3. The molecular weight excluding hydrogens is 444 g/mol. The number of carboxylic acids is 1. The van der Waals surface area contributed by atoms with Crippen LogP contribution in [0.1, 0.15) is 58.1 Å². The van der Waals surface area contributed by atoms with E-state index in [2.05, 4.69) is 22.8 Å². The molecule has 3 N–H and O–H groups in total. The molecular formula is C28H34N2O5. The van der Waals surface area contributed by atoms with Gasteiger partial charge in [-0.1, -0.05) is 81.0 Å².